The average molecular weight is 444 g/mol. The van der Waals surface area contributed by atoms with Gasteiger partial charge in [-0.25, -0.2) is 4.98 Å². The molecule has 0 saturated carbocycles. The van der Waals surface area contributed by atoms with Gasteiger partial charge in [-0.05, 0) is 28.8 Å². The van der Waals surface area contributed by atoms with Crippen LogP contribution in [0.4, 0.5) is 0 Å². The number of nitrogens with two attached hydrogens (primary N) is 1. The van der Waals surface area contributed by atoms with Crippen LogP contribution in [0.25, 0.3) is 0 Å². The molecular formula is C26H22ClN3O2. The Labute approximate surface area is 191 Å². The van der Waals surface area contributed by atoms with E-state index in [2.05, 4.69) is 9.97 Å². The topological polar surface area (TPSA) is 78.1 Å². The van der Waals surface area contributed by atoms with Crippen LogP contribution in [-0.4, -0.2) is 15.9 Å². The van der Waals surface area contributed by atoms with E-state index in [0.29, 0.717) is 23.6 Å². The molecule has 1 unspecified atom stereocenters. The summed E-state index contributed by atoms with van der Waals surface area (Å²) in [7, 11) is 0. The van der Waals surface area contributed by atoms with Crippen molar-refractivity contribution >= 4 is 17.5 Å². The first-order valence-electron chi connectivity index (χ1n) is 10.2. The van der Waals surface area contributed by atoms with Crippen LogP contribution in [0.3, 0.4) is 0 Å². The van der Waals surface area contributed by atoms with Gasteiger partial charge in [0.25, 0.3) is 0 Å². The van der Waals surface area contributed by atoms with Crippen molar-refractivity contribution in [1.29, 1.82) is 0 Å². The fourth-order valence-corrected chi connectivity index (χ4v) is 3.95. The highest BCUT2D eigenvalue weighted by Gasteiger charge is 2.42. The normalized spacial score (nSPS) is 12.7. The Kier molecular flexibility index (Phi) is 6.47. The molecule has 0 saturated heterocycles. The Morgan fingerprint density at radius 1 is 0.875 bits per heavy atom. The molecule has 1 atom stereocenters. The molecular weight excluding hydrogens is 422 g/mol. The van der Waals surface area contributed by atoms with Crippen molar-refractivity contribution in [3.05, 3.63) is 125 Å². The van der Waals surface area contributed by atoms with E-state index >= 15 is 0 Å². The van der Waals surface area contributed by atoms with Gasteiger partial charge in [0.05, 0.1) is 5.69 Å². The number of rotatable bonds is 8. The molecule has 1 amide bonds. The molecule has 0 aliphatic heterocycles. The monoisotopic (exact) mass is 443 g/mol. The van der Waals surface area contributed by atoms with Crippen LogP contribution in [0.15, 0.2) is 97.3 Å². The summed E-state index contributed by atoms with van der Waals surface area (Å²) in [4.78, 5) is 21.6. The van der Waals surface area contributed by atoms with Gasteiger partial charge >= 0.3 is 0 Å². The smallest absolute Gasteiger partial charge is 0.232 e. The third-order valence-electron chi connectivity index (χ3n) is 5.42. The number of halogens is 1. The predicted octanol–water partition coefficient (Wildman–Crippen LogP) is 4.72. The maximum absolute atomic E-state index is 13.1. The quantitative estimate of drug-likeness (QED) is 0.427. The van der Waals surface area contributed by atoms with Crippen molar-refractivity contribution in [2.45, 2.75) is 18.4 Å². The number of hydrogen-bond acceptors (Lipinski definition) is 4. The zero-order chi connectivity index (χ0) is 22.4. The van der Waals surface area contributed by atoms with Crippen LogP contribution in [-0.2, 0) is 23.2 Å². The van der Waals surface area contributed by atoms with E-state index in [9.17, 15) is 4.79 Å². The number of carbonyl (C=O) groups excluding carboxylic acids is 1. The molecule has 6 heteroatoms. The molecule has 0 spiro atoms. The lowest BCUT2D eigenvalue weighted by atomic mass is 9.70. The van der Waals surface area contributed by atoms with Gasteiger partial charge in [-0.15, -0.1) is 0 Å². The maximum atomic E-state index is 13.1. The number of amides is 1. The maximum Gasteiger partial charge on any atom is 0.232 e. The Balaban J connectivity index is 1.78. The van der Waals surface area contributed by atoms with Crippen LogP contribution in [0, 0.1) is 0 Å². The summed E-state index contributed by atoms with van der Waals surface area (Å²) in [6, 6.07) is 26.7. The van der Waals surface area contributed by atoms with Crippen molar-refractivity contribution in [2.24, 2.45) is 5.73 Å². The van der Waals surface area contributed by atoms with Gasteiger partial charge in [-0.3, -0.25) is 9.78 Å². The van der Waals surface area contributed by atoms with Gasteiger partial charge in [-0.2, -0.15) is 0 Å². The summed E-state index contributed by atoms with van der Waals surface area (Å²) in [5, 5.41) is 0.241. The van der Waals surface area contributed by atoms with Crippen LogP contribution in [0.5, 0.6) is 5.75 Å². The first kappa shape index (κ1) is 21.5. The molecule has 0 radical (unpaired) electrons. The summed E-state index contributed by atoms with van der Waals surface area (Å²) in [5.41, 5.74) is 7.86. The Bertz CT molecular complexity index is 1200. The Hall–Kier alpha value is -3.70. The van der Waals surface area contributed by atoms with Crippen LogP contribution in [0.1, 0.15) is 22.4 Å². The van der Waals surface area contributed by atoms with Gasteiger partial charge in [0.15, 0.2) is 5.15 Å². The molecule has 4 aromatic rings. The fraction of sp³-hybridized carbons (Fsp3) is 0.115. The lowest BCUT2D eigenvalue weighted by molar-refractivity contribution is -0.122. The molecule has 32 heavy (non-hydrogen) atoms. The highest BCUT2D eigenvalue weighted by molar-refractivity contribution is 6.30. The van der Waals surface area contributed by atoms with Gasteiger partial charge in [0.2, 0.25) is 5.91 Å². The van der Waals surface area contributed by atoms with Crippen LogP contribution >= 0.6 is 11.6 Å². The van der Waals surface area contributed by atoms with Crippen LogP contribution in [0.2, 0.25) is 5.15 Å². The van der Waals surface area contributed by atoms with Crippen molar-refractivity contribution < 1.29 is 9.53 Å². The first-order valence-corrected chi connectivity index (χ1v) is 10.6. The SMILES string of the molecule is NC(=O)C(Cc1nccnc1Cl)(c1ccccc1)c1cccc(OCc2ccccc2)c1. The van der Waals surface area contributed by atoms with Crippen molar-refractivity contribution in [1.82, 2.24) is 9.97 Å². The second kappa shape index (κ2) is 9.62. The first-order chi connectivity index (χ1) is 15.6. The summed E-state index contributed by atoms with van der Waals surface area (Å²) >= 11 is 6.31. The number of primary amides is 1. The number of carbonyl (C=O) groups is 1. The van der Waals surface area contributed by atoms with Gasteiger partial charge in [0.1, 0.15) is 17.8 Å². The average Bonchev–Trinajstić information content (AvgIpc) is 2.83. The largest absolute Gasteiger partial charge is 0.489 e. The molecule has 0 fully saturated rings. The summed E-state index contributed by atoms with van der Waals surface area (Å²) < 4.78 is 6.01. The fourth-order valence-electron chi connectivity index (χ4n) is 3.78. The molecule has 2 N–H and O–H groups in total. The number of aromatic nitrogens is 2. The molecule has 1 heterocycles. The minimum Gasteiger partial charge on any atom is -0.489 e. The zero-order valence-electron chi connectivity index (χ0n) is 17.3. The second-order valence-electron chi connectivity index (χ2n) is 7.41. The van der Waals surface area contributed by atoms with Gasteiger partial charge in [-0.1, -0.05) is 84.4 Å². The molecule has 160 valence electrons. The molecule has 1 aromatic heterocycles. The number of ether oxygens (including phenoxy) is 1. The third-order valence-corrected chi connectivity index (χ3v) is 5.73. The number of hydrogen-bond donors (Lipinski definition) is 1. The van der Waals surface area contributed by atoms with E-state index in [1.807, 2.05) is 84.9 Å². The van der Waals surface area contributed by atoms with E-state index in [-0.39, 0.29) is 11.6 Å². The minimum absolute atomic E-state index is 0.168. The van der Waals surface area contributed by atoms with Gasteiger partial charge < -0.3 is 10.5 Å². The predicted molar refractivity (Wildman–Crippen MR) is 124 cm³/mol. The number of benzene rings is 3. The van der Waals surface area contributed by atoms with E-state index < -0.39 is 11.3 Å². The second-order valence-corrected chi connectivity index (χ2v) is 7.77. The molecule has 3 aromatic carbocycles. The van der Waals surface area contributed by atoms with E-state index in [1.165, 1.54) is 6.20 Å². The molecule has 0 aliphatic carbocycles. The highest BCUT2D eigenvalue weighted by atomic mass is 35.5. The summed E-state index contributed by atoms with van der Waals surface area (Å²) in [6.07, 6.45) is 3.23. The van der Waals surface area contributed by atoms with Gasteiger partial charge in [0, 0.05) is 18.8 Å². The third kappa shape index (κ3) is 4.48. The van der Waals surface area contributed by atoms with Crippen molar-refractivity contribution in [2.75, 3.05) is 0 Å². The highest BCUT2D eigenvalue weighted by Crippen LogP contribution is 2.38. The standard InChI is InChI=1S/C26H22ClN3O2/c27-24-23(29-14-15-30-24)17-26(25(28)31,20-10-5-2-6-11-20)21-12-7-13-22(16-21)32-18-19-8-3-1-4-9-19/h1-16H,17-18H2,(H2,28,31). The Morgan fingerprint density at radius 2 is 1.53 bits per heavy atom. The number of nitrogens with zero attached hydrogens (tertiary/aromatic N) is 2. The summed E-state index contributed by atoms with van der Waals surface area (Å²) in [6.45, 7) is 0.412. The lowest BCUT2D eigenvalue weighted by Gasteiger charge is -2.32. The minimum atomic E-state index is -1.20. The Morgan fingerprint density at radius 3 is 2.22 bits per heavy atom. The lowest BCUT2D eigenvalue weighted by Crippen LogP contribution is -2.44. The van der Waals surface area contributed by atoms with Crippen molar-refractivity contribution in [3.8, 4) is 5.75 Å². The van der Waals surface area contributed by atoms with E-state index in [0.717, 1.165) is 11.1 Å². The zero-order valence-corrected chi connectivity index (χ0v) is 18.1. The van der Waals surface area contributed by atoms with E-state index in [4.69, 9.17) is 22.1 Å². The van der Waals surface area contributed by atoms with Crippen LogP contribution < -0.4 is 10.5 Å². The molecule has 0 bridgehead atoms. The molecule has 5 nitrogen and oxygen atoms in total. The molecule has 0 aliphatic rings. The van der Waals surface area contributed by atoms with Crippen molar-refractivity contribution in [3.63, 3.8) is 0 Å². The van der Waals surface area contributed by atoms with E-state index in [1.54, 1.807) is 6.20 Å². The summed E-state index contributed by atoms with van der Waals surface area (Å²) in [5.74, 6) is 0.129. The molecule has 4 rings (SSSR count).